The highest BCUT2D eigenvalue weighted by Crippen LogP contribution is 2.17. The summed E-state index contributed by atoms with van der Waals surface area (Å²) < 4.78 is 12.1. The number of carbonyl (C=O) groups is 1. The van der Waals surface area contributed by atoms with Gasteiger partial charge in [-0.1, -0.05) is 29.8 Å². The highest BCUT2D eigenvalue weighted by atomic mass is 35.5. The molecule has 0 aliphatic carbocycles. The summed E-state index contributed by atoms with van der Waals surface area (Å²) in [7, 11) is 0. The molecule has 1 aromatic heterocycles. The maximum atomic E-state index is 12.1. The molecule has 0 spiro atoms. The van der Waals surface area contributed by atoms with Gasteiger partial charge in [-0.15, -0.1) is 0 Å². The number of halogens is 1. The van der Waals surface area contributed by atoms with Crippen LogP contribution < -0.4 is 21.3 Å². The molecule has 1 aliphatic rings. The van der Waals surface area contributed by atoms with E-state index in [0.29, 0.717) is 5.75 Å². The number of rotatable bonds is 7. The summed E-state index contributed by atoms with van der Waals surface area (Å²) in [6, 6.07) is 8.21. The quantitative estimate of drug-likeness (QED) is 0.445. The number of carbonyl (C=O) groups excluding carboxylic acids is 1. The number of para-hydroxylation sites is 1. The van der Waals surface area contributed by atoms with Crippen LogP contribution in [0.4, 0.5) is 0 Å². The van der Waals surface area contributed by atoms with Crippen LogP contribution in [0.5, 0.6) is 5.75 Å². The standard InChI is InChI=1S/C19H22ClN3O7/c20-12-8-23(19(28)22-18(12)27)9-14-17(26)16(25)13(10-30-14)21-15(24)6-7-29-11-4-2-1-3-5-11/h1-5,8,13-14,16-17,25-26H,6-7,9-10H2,(H,21,24)(H,22,27,28)/t13-,14-,16+,17-/m1/s1. The number of aliphatic hydroxyl groups is 2. The van der Waals surface area contributed by atoms with Gasteiger partial charge in [0.1, 0.15) is 29.1 Å². The third kappa shape index (κ3) is 5.48. The molecule has 1 aromatic carbocycles. The molecule has 1 saturated heterocycles. The lowest BCUT2D eigenvalue weighted by atomic mass is 9.97. The van der Waals surface area contributed by atoms with Crippen molar-refractivity contribution in [3.8, 4) is 5.75 Å². The van der Waals surface area contributed by atoms with E-state index >= 15 is 0 Å². The molecule has 1 amide bonds. The van der Waals surface area contributed by atoms with Crippen molar-refractivity contribution in [2.45, 2.75) is 37.3 Å². The number of nitrogens with one attached hydrogen (secondary N) is 2. The van der Waals surface area contributed by atoms with Gasteiger partial charge in [-0.3, -0.25) is 19.1 Å². The number of benzene rings is 1. The summed E-state index contributed by atoms with van der Waals surface area (Å²) in [6.07, 6.45) is -2.43. The Hall–Kier alpha value is -2.66. The van der Waals surface area contributed by atoms with E-state index in [-0.39, 0.29) is 37.1 Å². The average Bonchev–Trinajstić information content (AvgIpc) is 2.72. The Morgan fingerprint density at radius 1 is 1.27 bits per heavy atom. The van der Waals surface area contributed by atoms with Crippen molar-refractivity contribution >= 4 is 17.5 Å². The number of hydrogen-bond acceptors (Lipinski definition) is 7. The molecular weight excluding hydrogens is 418 g/mol. The van der Waals surface area contributed by atoms with Gasteiger partial charge in [0.15, 0.2) is 0 Å². The lowest BCUT2D eigenvalue weighted by Gasteiger charge is -2.38. The number of aliphatic hydroxyl groups excluding tert-OH is 2. The monoisotopic (exact) mass is 439 g/mol. The summed E-state index contributed by atoms with van der Waals surface area (Å²) >= 11 is 5.72. The zero-order valence-electron chi connectivity index (χ0n) is 15.9. The molecule has 2 aromatic rings. The molecule has 11 heteroatoms. The first-order chi connectivity index (χ1) is 14.3. The van der Waals surface area contributed by atoms with Gasteiger partial charge in [-0.05, 0) is 12.1 Å². The van der Waals surface area contributed by atoms with E-state index in [4.69, 9.17) is 21.1 Å². The van der Waals surface area contributed by atoms with Gasteiger partial charge in [0.2, 0.25) is 5.91 Å². The Bertz CT molecular complexity index is 978. The fourth-order valence-electron chi connectivity index (χ4n) is 3.04. The van der Waals surface area contributed by atoms with E-state index in [2.05, 4.69) is 5.32 Å². The Balaban J connectivity index is 1.50. The zero-order chi connectivity index (χ0) is 21.7. The Morgan fingerprint density at radius 2 is 2.00 bits per heavy atom. The number of aromatic nitrogens is 2. The normalized spacial score (nSPS) is 23.7. The van der Waals surface area contributed by atoms with Crippen molar-refractivity contribution in [1.29, 1.82) is 0 Å². The first-order valence-corrected chi connectivity index (χ1v) is 9.67. The molecule has 0 saturated carbocycles. The van der Waals surface area contributed by atoms with Crippen LogP contribution in [0.2, 0.25) is 5.02 Å². The van der Waals surface area contributed by atoms with Crippen molar-refractivity contribution in [1.82, 2.24) is 14.9 Å². The molecule has 0 radical (unpaired) electrons. The van der Waals surface area contributed by atoms with Crippen molar-refractivity contribution in [2.75, 3.05) is 13.2 Å². The van der Waals surface area contributed by atoms with Gasteiger partial charge in [-0.2, -0.15) is 0 Å². The third-order valence-corrected chi connectivity index (χ3v) is 4.93. The molecular formula is C19H22ClN3O7. The maximum Gasteiger partial charge on any atom is 0.328 e. The van der Waals surface area contributed by atoms with Crippen LogP contribution in [0.15, 0.2) is 46.1 Å². The zero-order valence-corrected chi connectivity index (χ0v) is 16.6. The molecule has 4 N–H and O–H groups in total. The van der Waals surface area contributed by atoms with Crippen molar-refractivity contribution in [3.05, 3.63) is 62.4 Å². The molecule has 0 bridgehead atoms. The Morgan fingerprint density at radius 3 is 2.73 bits per heavy atom. The van der Waals surface area contributed by atoms with Crippen LogP contribution in [0.3, 0.4) is 0 Å². The summed E-state index contributed by atoms with van der Waals surface area (Å²) in [4.78, 5) is 37.3. The van der Waals surface area contributed by atoms with Crippen LogP contribution in [-0.4, -0.2) is 63.2 Å². The molecule has 2 heterocycles. The van der Waals surface area contributed by atoms with Gasteiger partial charge >= 0.3 is 5.69 Å². The minimum absolute atomic E-state index is 0.0584. The number of nitrogens with zero attached hydrogens (tertiary/aromatic N) is 1. The smallest absolute Gasteiger partial charge is 0.328 e. The molecule has 4 atom stereocenters. The Kier molecular flexibility index (Phi) is 7.27. The average molecular weight is 440 g/mol. The van der Waals surface area contributed by atoms with E-state index < -0.39 is 35.6 Å². The van der Waals surface area contributed by atoms with Crippen LogP contribution in [0.1, 0.15) is 6.42 Å². The van der Waals surface area contributed by atoms with Crippen LogP contribution in [0, 0.1) is 0 Å². The SMILES string of the molecule is O=C(CCOc1ccccc1)N[C@@H]1CO[C@H](Cn2cc(Cl)c(=O)[nH]c2=O)[C@@H](O)[C@H]1O. The fourth-order valence-corrected chi connectivity index (χ4v) is 3.20. The topological polar surface area (TPSA) is 143 Å². The predicted octanol–water partition coefficient (Wildman–Crippen LogP) is -0.735. The minimum atomic E-state index is -1.37. The predicted molar refractivity (Wildman–Crippen MR) is 107 cm³/mol. The van der Waals surface area contributed by atoms with Crippen molar-refractivity contribution < 1.29 is 24.5 Å². The summed E-state index contributed by atoms with van der Waals surface area (Å²) in [5.74, 6) is 0.273. The van der Waals surface area contributed by atoms with Gasteiger partial charge < -0.3 is 25.0 Å². The second-order valence-electron chi connectivity index (χ2n) is 6.83. The molecule has 0 unspecified atom stereocenters. The Labute approximate surface area is 176 Å². The van der Waals surface area contributed by atoms with Gasteiger partial charge in [0.05, 0.1) is 32.2 Å². The molecule has 30 heavy (non-hydrogen) atoms. The van der Waals surface area contributed by atoms with E-state index in [1.807, 2.05) is 23.2 Å². The summed E-state index contributed by atoms with van der Waals surface area (Å²) in [5, 5.41) is 23.1. The van der Waals surface area contributed by atoms with Gasteiger partial charge in [0.25, 0.3) is 5.56 Å². The lowest BCUT2D eigenvalue weighted by molar-refractivity contribution is -0.158. The second kappa shape index (κ2) is 9.90. The van der Waals surface area contributed by atoms with Gasteiger partial charge in [-0.25, -0.2) is 4.79 Å². The number of ether oxygens (including phenoxy) is 2. The number of H-pyrrole nitrogens is 1. The largest absolute Gasteiger partial charge is 0.493 e. The van der Waals surface area contributed by atoms with E-state index in [1.54, 1.807) is 12.1 Å². The summed E-state index contributed by atoms with van der Waals surface area (Å²) in [5.41, 5.74) is -1.44. The minimum Gasteiger partial charge on any atom is -0.493 e. The lowest BCUT2D eigenvalue weighted by Crippen LogP contribution is -2.60. The van der Waals surface area contributed by atoms with Crippen LogP contribution >= 0.6 is 11.6 Å². The number of hydrogen-bond donors (Lipinski definition) is 4. The van der Waals surface area contributed by atoms with Crippen LogP contribution in [-0.2, 0) is 16.1 Å². The van der Waals surface area contributed by atoms with E-state index in [1.165, 1.54) is 0 Å². The first-order valence-electron chi connectivity index (χ1n) is 9.29. The third-order valence-electron chi connectivity index (χ3n) is 4.66. The van der Waals surface area contributed by atoms with Crippen molar-refractivity contribution in [2.24, 2.45) is 0 Å². The summed E-state index contributed by atoms with van der Waals surface area (Å²) in [6.45, 7) is -0.0558. The molecule has 1 aliphatic heterocycles. The van der Waals surface area contributed by atoms with Crippen LogP contribution in [0.25, 0.3) is 0 Å². The highest BCUT2D eigenvalue weighted by molar-refractivity contribution is 6.30. The molecule has 1 fully saturated rings. The van der Waals surface area contributed by atoms with Crippen molar-refractivity contribution in [3.63, 3.8) is 0 Å². The van der Waals surface area contributed by atoms with E-state index in [9.17, 15) is 24.6 Å². The highest BCUT2D eigenvalue weighted by Gasteiger charge is 2.39. The number of aromatic amines is 1. The van der Waals surface area contributed by atoms with E-state index in [0.717, 1.165) is 10.8 Å². The molecule has 10 nitrogen and oxygen atoms in total. The fraction of sp³-hybridized carbons (Fsp3) is 0.421. The first kappa shape index (κ1) is 22.0. The number of amides is 1. The molecule has 3 rings (SSSR count). The van der Waals surface area contributed by atoms with Gasteiger partial charge in [0, 0.05) is 6.20 Å². The molecule has 162 valence electrons. The maximum absolute atomic E-state index is 12.1. The second-order valence-corrected chi connectivity index (χ2v) is 7.23.